The van der Waals surface area contributed by atoms with Crippen LogP contribution in [0.1, 0.15) is 30.9 Å². The van der Waals surface area contributed by atoms with Crippen LogP contribution < -0.4 is 5.32 Å². The van der Waals surface area contributed by atoms with Gasteiger partial charge < -0.3 is 20.3 Å². The minimum absolute atomic E-state index is 0.0787. The van der Waals surface area contributed by atoms with E-state index in [0.717, 1.165) is 22.3 Å². The van der Waals surface area contributed by atoms with Crippen molar-refractivity contribution in [1.29, 1.82) is 0 Å². The van der Waals surface area contributed by atoms with Crippen LogP contribution in [-0.4, -0.2) is 40.5 Å². The highest BCUT2D eigenvalue weighted by atomic mass is 16.5. The van der Waals surface area contributed by atoms with Gasteiger partial charge in [0, 0.05) is 5.92 Å². The predicted molar refractivity (Wildman–Crippen MR) is 95.9 cm³/mol. The molecule has 3 N–H and O–H groups in total. The Bertz CT molecular complexity index is 802. The van der Waals surface area contributed by atoms with Crippen molar-refractivity contribution in [1.82, 2.24) is 5.32 Å². The summed E-state index contributed by atoms with van der Waals surface area (Å²) in [6.45, 7) is 2.62. The Hall–Kier alpha value is -2.86. The maximum absolute atomic E-state index is 12.1. The van der Waals surface area contributed by atoms with Gasteiger partial charge in [0.25, 0.3) is 0 Å². The molecule has 0 fully saturated rings. The van der Waals surface area contributed by atoms with Gasteiger partial charge in [-0.3, -0.25) is 0 Å². The molecule has 136 valence electrons. The average molecular weight is 355 g/mol. The van der Waals surface area contributed by atoms with E-state index in [4.69, 9.17) is 4.74 Å². The lowest BCUT2D eigenvalue weighted by Gasteiger charge is -2.28. The van der Waals surface area contributed by atoms with Gasteiger partial charge >= 0.3 is 12.1 Å². The monoisotopic (exact) mass is 355 g/mol. The van der Waals surface area contributed by atoms with Crippen molar-refractivity contribution in [3.63, 3.8) is 0 Å². The fourth-order valence-corrected chi connectivity index (χ4v) is 3.18. The van der Waals surface area contributed by atoms with E-state index in [-0.39, 0.29) is 12.5 Å². The normalized spacial score (nSPS) is 16.1. The highest BCUT2D eigenvalue weighted by Gasteiger charge is 2.40. The van der Waals surface area contributed by atoms with Crippen molar-refractivity contribution in [3.8, 4) is 11.1 Å². The molecule has 0 saturated carbocycles. The molecular formula is C20H21NO5. The zero-order valence-corrected chi connectivity index (χ0v) is 14.6. The molecule has 2 atom stereocenters. The molecule has 0 radical (unpaired) electrons. The lowest BCUT2D eigenvalue weighted by atomic mass is 9.96. The summed E-state index contributed by atoms with van der Waals surface area (Å²) in [5.74, 6) is -1.45. The third-order valence-electron chi connectivity index (χ3n) is 4.99. The molecule has 6 nitrogen and oxygen atoms in total. The molecule has 1 aliphatic carbocycles. The van der Waals surface area contributed by atoms with Crippen molar-refractivity contribution >= 4 is 12.1 Å². The summed E-state index contributed by atoms with van der Waals surface area (Å²) in [6.07, 6.45) is -2.15. The van der Waals surface area contributed by atoms with Crippen molar-refractivity contribution in [3.05, 3.63) is 59.7 Å². The minimum atomic E-state index is -1.82. The van der Waals surface area contributed by atoms with Crippen LogP contribution in [0.15, 0.2) is 48.5 Å². The second-order valence-electron chi connectivity index (χ2n) is 6.63. The summed E-state index contributed by atoms with van der Waals surface area (Å²) in [5.41, 5.74) is 2.53. The van der Waals surface area contributed by atoms with Crippen LogP contribution in [0.4, 0.5) is 4.79 Å². The number of rotatable bonds is 5. The summed E-state index contributed by atoms with van der Waals surface area (Å²) in [7, 11) is 0. The van der Waals surface area contributed by atoms with Gasteiger partial charge in [0.2, 0.25) is 0 Å². The Morgan fingerprint density at radius 1 is 1.12 bits per heavy atom. The average Bonchev–Trinajstić information content (AvgIpc) is 2.93. The van der Waals surface area contributed by atoms with Crippen LogP contribution >= 0.6 is 0 Å². The van der Waals surface area contributed by atoms with Gasteiger partial charge in [-0.05, 0) is 36.1 Å². The summed E-state index contributed by atoms with van der Waals surface area (Å²) in [5, 5.41) is 21.2. The molecular weight excluding hydrogens is 334 g/mol. The Kier molecular flexibility index (Phi) is 4.70. The van der Waals surface area contributed by atoms with Gasteiger partial charge in [0.15, 0.2) is 5.54 Å². The molecule has 0 spiro atoms. The van der Waals surface area contributed by atoms with Crippen LogP contribution in [0.2, 0.25) is 0 Å². The standard InChI is InChI=1S/C20H21NO5/c1-12(22)20(2,18(23)24)21-19(25)26-11-17-15-9-5-3-7-13(15)14-8-4-6-10-16(14)17/h3-10,12,17,22H,11H2,1-2H3,(H,21,25)(H,23,24). The minimum Gasteiger partial charge on any atom is -0.479 e. The molecule has 0 saturated heterocycles. The lowest BCUT2D eigenvalue weighted by Crippen LogP contribution is -2.59. The first-order valence-corrected chi connectivity index (χ1v) is 8.39. The van der Waals surface area contributed by atoms with Gasteiger partial charge in [0.05, 0.1) is 6.10 Å². The first-order chi connectivity index (χ1) is 12.3. The van der Waals surface area contributed by atoms with Crippen molar-refractivity contribution < 1.29 is 24.5 Å². The van der Waals surface area contributed by atoms with Crippen molar-refractivity contribution in [2.75, 3.05) is 6.61 Å². The molecule has 0 heterocycles. The van der Waals surface area contributed by atoms with Gasteiger partial charge in [-0.25, -0.2) is 9.59 Å². The number of ether oxygens (including phenoxy) is 1. The lowest BCUT2D eigenvalue weighted by molar-refractivity contribution is -0.148. The molecule has 1 amide bonds. The number of fused-ring (bicyclic) bond motifs is 3. The van der Waals surface area contributed by atoms with E-state index >= 15 is 0 Å². The van der Waals surface area contributed by atoms with Crippen LogP contribution in [0.3, 0.4) is 0 Å². The number of hydrogen-bond donors (Lipinski definition) is 3. The number of aliphatic carboxylic acids is 1. The first kappa shape index (κ1) is 17.9. The zero-order chi connectivity index (χ0) is 18.9. The van der Waals surface area contributed by atoms with E-state index in [1.807, 2.05) is 48.5 Å². The maximum atomic E-state index is 12.1. The fourth-order valence-electron chi connectivity index (χ4n) is 3.18. The SMILES string of the molecule is CC(O)C(C)(NC(=O)OCC1c2ccccc2-c2ccccc21)C(=O)O. The quantitative estimate of drug-likeness (QED) is 0.766. The molecule has 2 unspecified atom stereocenters. The zero-order valence-electron chi connectivity index (χ0n) is 14.6. The van der Waals surface area contributed by atoms with E-state index in [9.17, 15) is 19.8 Å². The van der Waals surface area contributed by atoms with E-state index in [1.165, 1.54) is 13.8 Å². The predicted octanol–water partition coefficient (Wildman–Crippen LogP) is 2.75. The number of alkyl carbamates (subject to hydrolysis) is 1. The fraction of sp³-hybridized carbons (Fsp3) is 0.300. The second-order valence-corrected chi connectivity index (χ2v) is 6.63. The Morgan fingerprint density at radius 2 is 1.62 bits per heavy atom. The van der Waals surface area contributed by atoms with Crippen LogP contribution in [0, 0.1) is 0 Å². The first-order valence-electron chi connectivity index (χ1n) is 8.39. The van der Waals surface area contributed by atoms with E-state index in [0.29, 0.717) is 0 Å². The molecule has 6 heteroatoms. The number of aliphatic hydroxyl groups is 1. The summed E-state index contributed by atoms with van der Waals surface area (Å²) < 4.78 is 5.31. The van der Waals surface area contributed by atoms with Gasteiger partial charge in [-0.2, -0.15) is 0 Å². The number of carbonyl (C=O) groups is 2. The van der Waals surface area contributed by atoms with Gasteiger partial charge in [-0.15, -0.1) is 0 Å². The second kappa shape index (κ2) is 6.80. The number of hydrogen-bond acceptors (Lipinski definition) is 4. The third-order valence-corrected chi connectivity index (χ3v) is 4.99. The number of carboxylic acids is 1. The molecule has 26 heavy (non-hydrogen) atoms. The molecule has 2 aromatic rings. The number of carbonyl (C=O) groups excluding carboxylic acids is 1. The summed E-state index contributed by atoms with van der Waals surface area (Å²) in [4.78, 5) is 23.5. The van der Waals surface area contributed by atoms with Crippen LogP contribution in [0.5, 0.6) is 0 Å². The maximum Gasteiger partial charge on any atom is 0.408 e. The molecule has 0 aliphatic heterocycles. The Labute approximate surface area is 151 Å². The van der Waals surface area contributed by atoms with Crippen LogP contribution in [-0.2, 0) is 9.53 Å². The molecule has 3 rings (SSSR count). The number of benzene rings is 2. The molecule has 2 aromatic carbocycles. The highest BCUT2D eigenvalue weighted by molar-refractivity contribution is 5.84. The van der Waals surface area contributed by atoms with Crippen molar-refractivity contribution in [2.45, 2.75) is 31.4 Å². The van der Waals surface area contributed by atoms with Crippen LogP contribution in [0.25, 0.3) is 11.1 Å². The molecule has 1 aliphatic rings. The van der Waals surface area contributed by atoms with E-state index < -0.39 is 23.7 Å². The molecule has 0 aromatic heterocycles. The topological polar surface area (TPSA) is 95.9 Å². The molecule has 0 bridgehead atoms. The number of amides is 1. The third kappa shape index (κ3) is 3.04. The Morgan fingerprint density at radius 3 is 2.08 bits per heavy atom. The van der Waals surface area contributed by atoms with E-state index in [2.05, 4.69) is 5.32 Å². The van der Waals surface area contributed by atoms with E-state index in [1.54, 1.807) is 0 Å². The Balaban J connectivity index is 1.76. The van der Waals surface area contributed by atoms with Gasteiger partial charge in [-0.1, -0.05) is 48.5 Å². The number of carboxylic acid groups (broad SMARTS) is 1. The number of aliphatic hydroxyl groups excluding tert-OH is 1. The smallest absolute Gasteiger partial charge is 0.408 e. The summed E-state index contributed by atoms with van der Waals surface area (Å²) >= 11 is 0. The largest absolute Gasteiger partial charge is 0.479 e. The summed E-state index contributed by atoms with van der Waals surface area (Å²) in [6, 6.07) is 15.9. The van der Waals surface area contributed by atoms with Gasteiger partial charge in [0.1, 0.15) is 6.61 Å². The number of nitrogens with one attached hydrogen (secondary N) is 1. The highest BCUT2D eigenvalue weighted by Crippen LogP contribution is 2.44. The van der Waals surface area contributed by atoms with Crippen molar-refractivity contribution in [2.24, 2.45) is 0 Å².